The highest BCUT2D eigenvalue weighted by Gasteiger charge is 2.27. The molecule has 1 aliphatic heterocycles. The molecule has 116 valence electrons. The fourth-order valence-corrected chi connectivity index (χ4v) is 2.80. The lowest BCUT2D eigenvalue weighted by Crippen LogP contribution is -2.48. The first-order chi connectivity index (χ1) is 9.99. The molecule has 1 aliphatic rings. The smallest absolute Gasteiger partial charge is 0.339 e. The fraction of sp³-hybridized carbons (Fsp3) is 0.600. The van der Waals surface area contributed by atoms with Crippen LogP contribution in [0.3, 0.4) is 0 Å². The predicted octanol–water partition coefficient (Wildman–Crippen LogP) is 1.20. The number of nitrogens with one attached hydrogen (secondary N) is 1. The SMILES string of the molecule is CCN1CCN(C(=O)c2[nH]c(C)c(C(=O)OC)c2C)CC1. The van der Waals surface area contributed by atoms with Gasteiger partial charge in [0.05, 0.1) is 12.7 Å². The highest BCUT2D eigenvalue weighted by molar-refractivity contribution is 6.00. The van der Waals surface area contributed by atoms with Gasteiger partial charge in [0.1, 0.15) is 5.69 Å². The van der Waals surface area contributed by atoms with E-state index in [0.717, 1.165) is 32.7 Å². The first-order valence-corrected chi connectivity index (χ1v) is 7.28. The number of nitrogens with zero attached hydrogens (tertiary/aromatic N) is 2. The first kappa shape index (κ1) is 15.6. The molecule has 0 aromatic carbocycles. The second-order valence-electron chi connectivity index (χ2n) is 5.34. The van der Waals surface area contributed by atoms with E-state index in [2.05, 4.69) is 16.8 Å². The van der Waals surface area contributed by atoms with Crippen LogP contribution in [-0.2, 0) is 4.74 Å². The lowest BCUT2D eigenvalue weighted by atomic mass is 10.1. The van der Waals surface area contributed by atoms with E-state index in [-0.39, 0.29) is 5.91 Å². The quantitative estimate of drug-likeness (QED) is 0.850. The van der Waals surface area contributed by atoms with Crippen LogP contribution in [0.25, 0.3) is 0 Å². The number of hydrogen-bond acceptors (Lipinski definition) is 4. The summed E-state index contributed by atoms with van der Waals surface area (Å²) in [5.74, 6) is -0.447. The van der Waals surface area contributed by atoms with Crippen LogP contribution in [0.5, 0.6) is 0 Å². The molecule has 1 amide bonds. The van der Waals surface area contributed by atoms with Gasteiger partial charge in [0.25, 0.3) is 5.91 Å². The Balaban J connectivity index is 2.19. The molecule has 0 bridgehead atoms. The van der Waals surface area contributed by atoms with Gasteiger partial charge in [-0.15, -0.1) is 0 Å². The molecule has 2 heterocycles. The van der Waals surface area contributed by atoms with Crippen LogP contribution in [0.1, 0.15) is 39.0 Å². The standard InChI is InChI=1S/C15H23N3O3/c1-5-17-6-8-18(9-7-17)14(19)13-10(2)12(11(3)16-13)15(20)21-4/h16H,5-9H2,1-4H3. The Morgan fingerprint density at radius 2 is 1.81 bits per heavy atom. The minimum absolute atomic E-state index is 0.0403. The Bertz CT molecular complexity index is 543. The van der Waals surface area contributed by atoms with Gasteiger partial charge in [-0.25, -0.2) is 4.79 Å². The molecule has 21 heavy (non-hydrogen) atoms. The fourth-order valence-electron chi connectivity index (χ4n) is 2.80. The molecule has 0 aliphatic carbocycles. The van der Waals surface area contributed by atoms with E-state index in [0.29, 0.717) is 22.5 Å². The number of hydrogen-bond donors (Lipinski definition) is 1. The zero-order chi connectivity index (χ0) is 15.6. The van der Waals surface area contributed by atoms with Crippen molar-refractivity contribution in [2.24, 2.45) is 0 Å². The number of carbonyl (C=O) groups is 2. The van der Waals surface area contributed by atoms with E-state index in [1.54, 1.807) is 13.8 Å². The van der Waals surface area contributed by atoms with Crippen molar-refractivity contribution in [2.45, 2.75) is 20.8 Å². The molecule has 1 N–H and O–H groups in total. The van der Waals surface area contributed by atoms with Gasteiger partial charge in [-0.3, -0.25) is 4.79 Å². The Morgan fingerprint density at radius 1 is 1.19 bits per heavy atom. The predicted molar refractivity (Wildman–Crippen MR) is 79.6 cm³/mol. The van der Waals surface area contributed by atoms with Crippen LogP contribution in [0, 0.1) is 13.8 Å². The van der Waals surface area contributed by atoms with Crippen LogP contribution in [0.2, 0.25) is 0 Å². The number of esters is 1. The van der Waals surface area contributed by atoms with Crippen molar-refractivity contribution in [3.8, 4) is 0 Å². The topological polar surface area (TPSA) is 65.6 Å². The van der Waals surface area contributed by atoms with Crippen molar-refractivity contribution in [1.82, 2.24) is 14.8 Å². The van der Waals surface area contributed by atoms with Gasteiger partial charge in [-0.1, -0.05) is 6.92 Å². The molecule has 0 saturated carbocycles. The Hall–Kier alpha value is -1.82. The van der Waals surface area contributed by atoms with Gasteiger partial charge in [0.2, 0.25) is 0 Å². The molecule has 2 rings (SSSR count). The third-order valence-corrected chi connectivity index (χ3v) is 4.15. The van der Waals surface area contributed by atoms with Crippen molar-refractivity contribution in [3.63, 3.8) is 0 Å². The molecule has 0 spiro atoms. The second-order valence-corrected chi connectivity index (χ2v) is 5.34. The summed E-state index contributed by atoms with van der Waals surface area (Å²) < 4.78 is 4.77. The van der Waals surface area contributed by atoms with Gasteiger partial charge in [0.15, 0.2) is 0 Å². The van der Waals surface area contributed by atoms with Gasteiger partial charge in [0, 0.05) is 31.9 Å². The lowest BCUT2D eigenvalue weighted by Gasteiger charge is -2.33. The minimum atomic E-state index is -0.406. The van der Waals surface area contributed by atoms with Gasteiger partial charge in [-0.2, -0.15) is 0 Å². The van der Waals surface area contributed by atoms with Crippen molar-refractivity contribution in [2.75, 3.05) is 39.8 Å². The van der Waals surface area contributed by atoms with Crippen LogP contribution < -0.4 is 0 Å². The maximum absolute atomic E-state index is 12.6. The van der Waals surface area contributed by atoms with Crippen molar-refractivity contribution < 1.29 is 14.3 Å². The summed E-state index contributed by atoms with van der Waals surface area (Å²) in [5, 5.41) is 0. The molecule has 1 aromatic heterocycles. The number of aryl methyl sites for hydroxylation is 1. The first-order valence-electron chi connectivity index (χ1n) is 7.28. The van der Waals surface area contributed by atoms with Crippen LogP contribution in [0.15, 0.2) is 0 Å². The normalized spacial score (nSPS) is 16.1. The Morgan fingerprint density at radius 3 is 2.33 bits per heavy atom. The van der Waals surface area contributed by atoms with Gasteiger partial charge < -0.3 is 19.5 Å². The van der Waals surface area contributed by atoms with E-state index in [1.807, 2.05) is 4.90 Å². The molecular weight excluding hydrogens is 270 g/mol. The minimum Gasteiger partial charge on any atom is -0.465 e. The van der Waals surface area contributed by atoms with Gasteiger partial charge in [-0.05, 0) is 26.0 Å². The second kappa shape index (κ2) is 6.30. The van der Waals surface area contributed by atoms with Crippen molar-refractivity contribution in [3.05, 3.63) is 22.5 Å². The highest BCUT2D eigenvalue weighted by atomic mass is 16.5. The Kier molecular flexibility index (Phi) is 4.67. The number of ether oxygens (including phenoxy) is 1. The van der Waals surface area contributed by atoms with Crippen LogP contribution in [0.4, 0.5) is 0 Å². The van der Waals surface area contributed by atoms with Crippen molar-refractivity contribution >= 4 is 11.9 Å². The average Bonchev–Trinajstić information content (AvgIpc) is 2.80. The third-order valence-electron chi connectivity index (χ3n) is 4.15. The maximum Gasteiger partial charge on any atom is 0.339 e. The van der Waals surface area contributed by atoms with E-state index in [9.17, 15) is 9.59 Å². The Labute approximate surface area is 125 Å². The number of rotatable bonds is 3. The summed E-state index contributed by atoms with van der Waals surface area (Å²) in [6.45, 7) is 9.93. The van der Waals surface area contributed by atoms with E-state index in [1.165, 1.54) is 7.11 Å². The third kappa shape index (κ3) is 2.95. The molecule has 1 saturated heterocycles. The number of amides is 1. The summed E-state index contributed by atoms with van der Waals surface area (Å²) in [6, 6.07) is 0. The molecule has 1 aromatic rings. The lowest BCUT2D eigenvalue weighted by molar-refractivity contribution is 0.0599. The van der Waals surface area contributed by atoms with E-state index in [4.69, 9.17) is 4.74 Å². The number of piperazine rings is 1. The molecular formula is C15H23N3O3. The summed E-state index contributed by atoms with van der Waals surface area (Å²) >= 11 is 0. The molecule has 0 radical (unpaired) electrons. The van der Waals surface area contributed by atoms with Crippen LogP contribution in [-0.4, -0.2) is 66.5 Å². The van der Waals surface area contributed by atoms with Crippen LogP contribution >= 0.6 is 0 Å². The molecule has 1 fully saturated rings. The summed E-state index contributed by atoms with van der Waals surface area (Å²) in [4.78, 5) is 31.6. The molecule has 6 heteroatoms. The largest absolute Gasteiger partial charge is 0.465 e. The summed E-state index contributed by atoms with van der Waals surface area (Å²) in [7, 11) is 1.35. The maximum atomic E-state index is 12.6. The highest BCUT2D eigenvalue weighted by Crippen LogP contribution is 2.20. The van der Waals surface area contributed by atoms with E-state index >= 15 is 0 Å². The number of carbonyl (C=O) groups excluding carboxylic acids is 2. The number of aromatic amines is 1. The average molecular weight is 293 g/mol. The summed E-state index contributed by atoms with van der Waals surface area (Å²) in [6.07, 6.45) is 0. The zero-order valence-corrected chi connectivity index (χ0v) is 13.2. The number of likely N-dealkylation sites (N-methyl/N-ethyl adjacent to an activating group) is 1. The number of H-pyrrole nitrogens is 1. The number of methoxy groups -OCH3 is 1. The van der Waals surface area contributed by atoms with Crippen molar-refractivity contribution in [1.29, 1.82) is 0 Å². The summed E-state index contributed by atoms with van der Waals surface area (Å²) in [5.41, 5.74) is 2.31. The van der Waals surface area contributed by atoms with Gasteiger partial charge >= 0.3 is 5.97 Å². The number of aromatic nitrogens is 1. The molecule has 6 nitrogen and oxygen atoms in total. The molecule has 0 unspecified atom stereocenters. The molecule has 0 atom stereocenters. The van der Waals surface area contributed by atoms with E-state index < -0.39 is 5.97 Å². The zero-order valence-electron chi connectivity index (χ0n) is 13.2. The monoisotopic (exact) mass is 293 g/mol.